The highest BCUT2D eigenvalue weighted by Gasteiger charge is 2.22. The van der Waals surface area contributed by atoms with Crippen molar-refractivity contribution in [2.24, 2.45) is 5.73 Å². The fourth-order valence-electron chi connectivity index (χ4n) is 2.97. The summed E-state index contributed by atoms with van der Waals surface area (Å²) >= 11 is 0. The minimum Gasteiger partial charge on any atom is -0.376 e. The Kier molecular flexibility index (Phi) is 2.74. The molecule has 0 aromatic carbocycles. The second kappa shape index (κ2) is 4.22. The standard InChI is InChI=1S/C13H20N2O/c14-12-4-1-5-13-11(12)6-7-15(13)9-10-3-2-8-16-10/h6-7,10,12H,1-5,8-9,14H2. The van der Waals surface area contributed by atoms with Gasteiger partial charge in [-0.15, -0.1) is 0 Å². The average molecular weight is 220 g/mol. The Morgan fingerprint density at radius 1 is 1.38 bits per heavy atom. The van der Waals surface area contributed by atoms with E-state index < -0.39 is 0 Å². The highest BCUT2D eigenvalue weighted by molar-refractivity contribution is 5.28. The highest BCUT2D eigenvalue weighted by atomic mass is 16.5. The van der Waals surface area contributed by atoms with Crippen molar-refractivity contribution in [2.75, 3.05) is 6.61 Å². The lowest BCUT2D eigenvalue weighted by Gasteiger charge is -2.22. The Bertz CT molecular complexity index is 366. The summed E-state index contributed by atoms with van der Waals surface area (Å²) in [6, 6.07) is 2.46. The van der Waals surface area contributed by atoms with E-state index in [0.29, 0.717) is 6.10 Å². The Morgan fingerprint density at radius 3 is 3.12 bits per heavy atom. The van der Waals surface area contributed by atoms with Gasteiger partial charge in [0.2, 0.25) is 0 Å². The Morgan fingerprint density at radius 2 is 2.31 bits per heavy atom. The van der Waals surface area contributed by atoms with Crippen LogP contribution in [-0.2, 0) is 17.7 Å². The molecule has 2 N–H and O–H groups in total. The van der Waals surface area contributed by atoms with Crippen molar-refractivity contribution >= 4 is 0 Å². The summed E-state index contributed by atoms with van der Waals surface area (Å²) in [5.74, 6) is 0. The predicted molar refractivity (Wildman–Crippen MR) is 63.3 cm³/mol. The molecule has 3 heteroatoms. The van der Waals surface area contributed by atoms with E-state index in [-0.39, 0.29) is 6.04 Å². The molecular weight excluding hydrogens is 200 g/mol. The van der Waals surface area contributed by atoms with E-state index in [9.17, 15) is 0 Å². The number of hydrogen-bond acceptors (Lipinski definition) is 2. The molecule has 16 heavy (non-hydrogen) atoms. The van der Waals surface area contributed by atoms with Gasteiger partial charge in [0, 0.05) is 31.1 Å². The van der Waals surface area contributed by atoms with Gasteiger partial charge in [0.15, 0.2) is 0 Å². The van der Waals surface area contributed by atoms with Crippen molar-refractivity contribution in [1.82, 2.24) is 4.57 Å². The quantitative estimate of drug-likeness (QED) is 0.828. The van der Waals surface area contributed by atoms with E-state index in [1.807, 2.05) is 0 Å². The summed E-state index contributed by atoms with van der Waals surface area (Å²) in [5.41, 5.74) is 8.94. The highest BCUT2D eigenvalue weighted by Crippen LogP contribution is 2.29. The van der Waals surface area contributed by atoms with Gasteiger partial charge in [-0.25, -0.2) is 0 Å². The minimum atomic E-state index is 0.259. The number of nitrogens with two attached hydrogens (primary N) is 1. The van der Waals surface area contributed by atoms with Crippen LogP contribution in [0.25, 0.3) is 0 Å². The molecule has 3 nitrogen and oxygen atoms in total. The number of ether oxygens (including phenoxy) is 1. The summed E-state index contributed by atoms with van der Waals surface area (Å²) in [6.45, 7) is 1.95. The van der Waals surface area contributed by atoms with Crippen molar-refractivity contribution < 1.29 is 4.74 Å². The molecule has 2 unspecified atom stereocenters. The molecule has 3 rings (SSSR count). The molecular formula is C13H20N2O. The lowest BCUT2D eigenvalue weighted by Crippen LogP contribution is -2.21. The van der Waals surface area contributed by atoms with E-state index in [4.69, 9.17) is 10.5 Å². The van der Waals surface area contributed by atoms with Crippen LogP contribution in [0, 0.1) is 0 Å². The van der Waals surface area contributed by atoms with Gasteiger partial charge < -0.3 is 15.0 Å². The van der Waals surface area contributed by atoms with Crippen molar-refractivity contribution in [3.63, 3.8) is 0 Å². The minimum absolute atomic E-state index is 0.259. The molecule has 0 bridgehead atoms. The summed E-state index contributed by atoms with van der Waals surface area (Å²) in [7, 11) is 0. The Balaban J connectivity index is 1.79. The molecule has 2 heterocycles. The lowest BCUT2D eigenvalue weighted by atomic mass is 9.93. The first-order chi connectivity index (χ1) is 7.84. The van der Waals surface area contributed by atoms with Crippen LogP contribution in [0.2, 0.25) is 0 Å². The molecule has 0 radical (unpaired) electrons. The van der Waals surface area contributed by atoms with Crippen LogP contribution in [0.15, 0.2) is 12.3 Å². The van der Waals surface area contributed by atoms with Crippen molar-refractivity contribution in [3.05, 3.63) is 23.5 Å². The van der Waals surface area contributed by atoms with Crippen LogP contribution in [0.3, 0.4) is 0 Å². The van der Waals surface area contributed by atoms with Crippen LogP contribution < -0.4 is 5.73 Å². The zero-order valence-corrected chi connectivity index (χ0v) is 9.69. The first kappa shape index (κ1) is 10.4. The molecule has 1 aromatic rings. The smallest absolute Gasteiger partial charge is 0.0754 e. The van der Waals surface area contributed by atoms with Gasteiger partial charge in [0.05, 0.1) is 6.10 Å². The third kappa shape index (κ3) is 1.78. The molecule has 0 amide bonds. The lowest BCUT2D eigenvalue weighted by molar-refractivity contribution is 0.0963. The van der Waals surface area contributed by atoms with Gasteiger partial charge in [-0.05, 0) is 43.7 Å². The number of fused-ring (bicyclic) bond motifs is 1. The molecule has 1 aliphatic heterocycles. The fourth-order valence-corrected chi connectivity index (χ4v) is 2.97. The van der Waals surface area contributed by atoms with Crippen LogP contribution in [-0.4, -0.2) is 17.3 Å². The Labute approximate surface area is 96.6 Å². The molecule has 1 saturated heterocycles. The SMILES string of the molecule is NC1CCCc2c1ccn2CC1CCCO1. The summed E-state index contributed by atoms with van der Waals surface area (Å²) in [6.07, 6.45) is 8.59. The third-order valence-corrected chi connectivity index (χ3v) is 3.87. The number of hydrogen-bond donors (Lipinski definition) is 1. The number of aromatic nitrogens is 1. The van der Waals surface area contributed by atoms with E-state index >= 15 is 0 Å². The maximum Gasteiger partial charge on any atom is 0.0754 e. The van der Waals surface area contributed by atoms with Crippen LogP contribution in [0.1, 0.15) is 43.0 Å². The van der Waals surface area contributed by atoms with Gasteiger partial charge in [0.25, 0.3) is 0 Å². The van der Waals surface area contributed by atoms with Gasteiger partial charge in [-0.2, -0.15) is 0 Å². The maximum absolute atomic E-state index is 6.12. The van der Waals surface area contributed by atoms with Crippen molar-refractivity contribution in [2.45, 2.75) is 50.8 Å². The fraction of sp³-hybridized carbons (Fsp3) is 0.692. The van der Waals surface area contributed by atoms with Gasteiger partial charge >= 0.3 is 0 Å². The first-order valence-corrected chi connectivity index (χ1v) is 6.39. The topological polar surface area (TPSA) is 40.2 Å². The molecule has 1 aliphatic carbocycles. The molecule has 1 aromatic heterocycles. The molecule has 0 saturated carbocycles. The third-order valence-electron chi connectivity index (χ3n) is 3.87. The first-order valence-electron chi connectivity index (χ1n) is 6.39. The second-order valence-corrected chi connectivity index (χ2v) is 5.00. The van der Waals surface area contributed by atoms with E-state index in [1.54, 1.807) is 0 Å². The predicted octanol–water partition coefficient (Wildman–Crippen LogP) is 2.00. The molecule has 2 atom stereocenters. The number of rotatable bonds is 2. The monoisotopic (exact) mass is 220 g/mol. The number of nitrogens with zero attached hydrogens (tertiary/aromatic N) is 1. The maximum atomic E-state index is 6.12. The zero-order chi connectivity index (χ0) is 11.0. The molecule has 88 valence electrons. The van der Waals surface area contributed by atoms with E-state index in [1.165, 1.54) is 36.9 Å². The van der Waals surface area contributed by atoms with Gasteiger partial charge in [-0.1, -0.05) is 0 Å². The van der Waals surface area contributed by atoms with Gasteiger partial charge in [-0.3, -0.25) is 0 Å². The van der Waals surface area contributed by atoms with Crippen molar-refractivity contribution in [3.8, 4) is 0 Å². The van der Waals surface area contributed by atoms with Crippen LogP contribution >= 0.6 is 0 Å². The normalized spacial score (nSPS) is 29.3. The Hall–Kier alpha value is -0.800. The summed E-state index contributed by atoms with van der Waals surface area (Å²) in [4.78, 5) is 0. The second-order valence-electron chi connectivity index (χ2n) is 5.00. The summed E-state index contributed by atoms with van der Waals surface area (Å²) < 4.78 is 8.06. The van der Waals surface area contributed by atoms with E-state index in [0.717, 1.165) is 19.6 Å². The van der Waals surface area contributed by atoms with Crippen molar-refractivity contribution in [1.29, 1.82) is 0 Å². The molecule has 2 aliphatic rings. The van der Waals surface area contributed by atoms with E-state index in [2.05, 4.69) is 16.8 Å². The van der Waals surface area contributed by atoms with Crippen LogP contribution in [0.4, 0.5) is 0 Å². The summed E-state index contributed by atoms with van der Waals surface area (Å²) in [5, 5.41) is 0. The molecule has 0 spiro atoms. The average Bonchev–Trinajstić information content (AvgIpc) is 2.90. The van der Waals surface area contributed by atoms with Crippen LogP contribution in [0.5, 0.6) is 0 Å². The zero-order valence-electron chi connectivity index (χ0n) is 9.69. The largest absolute Gasteiger partial charge is 0.376 e. The molecule has 1 fully saturated rings. The van der Waals surface area contributed by atoms with Gasteiger partial charge in [0.1, 0.15) is 0 Å².